The second kappa shape index (κ2) is 5.97. The van der Waals surface area contributed by atoms with Crippen LogP contribution in [0, 0.1) is 0 Å². The Labute approximate surface area is 72.6 Å². The summed E-state index contributed by atoms with van der Waals surface area (Å²) < 4.78 is 0. The third kappa shape index (κ3) is 6.12. The average Bonchev–Trinajstić information content (AvgIpc) is 2.00. The van der Waals surface area contributed by atoms with Crippen molar-refractivity contribution in [2.24, 2.45) is 0 Å². The molecule has 1 unspecified atom stereocenters. The third-order valence-electron chi connectivity index (χ3n) is 1.63. The van der Waals surface area contributed by atoms with Crippen LogP contribution in [0.4, 0.5) is 0 Å². The number of carbonyl (C=O) groups is 1. The number of carboxylic acid groups (broad SMARTS) is 1. The number of aliphatic hydroxyl groups excluding tert-OH is 1. The van der Waals surface area contributed by atoms with Crippen LogP contribution >= 0.6 is 0 Å². The Morgan fingerprint density at radius 2 is 2.00 bits per heavy atom. The Morgan fingerprint density at radius 1 is 1.42 bits per heavy atom. The third-order valence-corrected chi connectivity index (χ3v) is 1.63. The number of aliphatic hydroxyl groups is 1. The molecule has 4 heteroatoms. The van der Waals surface area contributed by atoms with E-state index in [-0.39, 0.29) is 25.1 Å². The second-order valence-corrected chi connectivity index (χ2v) is 3.08. The maximum atomic E-state index is 10.2. The molecule has 0 rings (SSSR count). The molecule has 0 amide bonds. The van der Waals surface area contributed by atoms with Crippen LogP contribution in [0.2, 0.25) is 0 Å². The molecule has 0 heterocycles. The zero-order valence-electron chi connectivity index (χ0n) is 7.58. The Kier molecular flexibility index (Phi) is 5.66. The van der Waals surface area contributed by atoms with Crippen molar-refractivity contribution in [1.29, 1.82) is 0 Å². The van der Waals surface area contributed by atoms with E-state index in [1.54, 1.807) is 0 Å². The number of aliphatic carboxylic acids is 1. The summed E-state index contributed by atoms with van der Waals surface area (Å²) in [5.74, 6) is -0.777. The first-order valence-electron chi connectivity index (χ1n) is 4.15. The van der Waals surface area contributed by atoms with Crippen LogP contribution in [0.25, 0.3) is 0 Å². The van der Waals surface area contributed by atoms with Crippen LogP contribution in [0.3, 0.4) is 0 Å². The van der Waals surface area contributed by atoms with Gasteiger partial charge in [0, 0.05) is 18.5 Å². The largest absolute Gasteiger partial charge is 0.481 e. The molecule has 3 N–H and O–H groups in total. The van der Waals surface area contributed by atoms with E-state index in [4.69, 9.17) is 10.2 Å². The fourth-order valence-electron chi connectivity index (χ4n) is 0.962. The Morgan fingerprint density at radius 3 is 2.42 bits per heavy atom. The quantitative estimate of drug-likeness (QED) is 0.539. The minimum atomic E-state index is -0.777. The molecule has 0 aromatic rings. The molecule has 2 atom stereocenters. The first-order chi connectivity index (χ1) is 5.56. The SMILES string of the molecule is CC(CCC(=O)O)N[C@@H](C)CO. The summed E-state index contributed by atoms with van der Waals surface area (Å²) >= 11 is 0. The molecule has 0 fully saturated rings. The van der Waals surface area contributed by atoms with Crippen LogP contribution < -0.4 is 5.32 Å². The lowest BCUT2D eigenvalue weighted by atomic mass is 10.1. The summed E-state index contributed by atoms with van der Waals surface area (Å²) in [4.78, 5) is 10.2. The Bertz CT molecular complexity index is 138. The Balaban J connectivity index is 3.45. The molecule has 0 aliphatic rings. The normalized spacial score (nSPS) is 15.6. The standard InChI is InChI=1S/C8H17NO3/c1-6(3-4-8(11)12)9-7(2)5-10/h6-7,9-10H,3-5H2,1-2H3,(H,11,12)/t6?,7-/m0/s1. The maximum Gasteiger partial charge on any atom is 0.303 e. The van der Waals surface area contributed by atoms with E-state index in [0.29, 0.717) is 6.42 Å². The second-order valence-electron chi connectivity index (χ2n) is 3.08. The minimum Gasteiger partial charge on any atom is -0.481 e. The lowest BCUT2D eigenvalue weighted by Crippen LogP contribution is -2.36. The maximum absolute atomic E-state index is 10.2. The van der Waals surface area contributed by atoms with Crippen molar-refractivity contribution in [2.45, 2.75) is 38.8 Å². The monoisotopic (exact) mass is 175 g/mol. The number of nitrogens with one attached hydrogen (secondary N) is 1. The van der Waals surface area contributed by atoms with Gasteiger partial charge >= 0.3 is 5.97 Å². The van der Waals surface area contributed by atoms with Crippen LogP contribution in [-0.4, -0.2) is 34.9 Å². The van der Waals surface area contributed by atoms with E-state index in [1.807, 2.05) is 13.8 Å². The minimum absolute atomic E-state index is 0.0359. The van der Waals surface area contributed by atoms with Gasteiger partial charge in [-0.3, -0.25) is 4.79 Å². The van der Waals surface area contributed by atoms with Crippen molar-refractivity contribution >= 4 is 5.97 Å². The lowest BCUT2D eigenvalue weighted by molar-refractivity contribution is -0.137. The zero-order valence-corrected chi connectivity index (χ0v) is 7.58. The van der Waals surface area contributed by atoms with Crippen molar-refractivity contribution in [3.05, 3.63) is 0 Å². The fraction of sp³-hybridized carbons (Fsp3) is 0.875. The van der Waals surface area contributed by atoms with Crippen molar-refractivity contribution in [3.8, 4) is 0 Å². The summed E-state index contributed by atoms with van der Waals surface area (Å²) in [5.41, 5.74) is 0. The van der Waals surface area contributed by atoms with Crippen molar-refractivity contribution in [3.63, 3.8) is 0 Å². The molecular formula is C8H17NO3. The molecule has 72 valence electrons. The van der Waals surface area contributed by atoms with Crippen molar-refractivity contribution in [2.75, 3.05) is 6.61 Å². The van der Waals surface area contributed by atoms with Gasteiger partial charge in [0.25, 0.3) is 0 Å². The van der Waals surface area contributed by atoms with Gasteiger partial charge in [-0.2, -0.15) is 0 Å². The molecule has 0 aliphatic carbocycles. The highest BCUT2D eigenvalue weighted by Gasteiger charge is 2.07. The van der Waals surface area contributed by atoms with Crippen LogP contribution in [0.5, 0.6) is 0 Å². The summed E-state index contributed by atoms with van der Waals surface area (Å²) in [5, 5.41) is 20.1. The highest BCUT2D eigenvalue weighted by Crippen LogP contribution is 1.97. The topological polar surface area (TPSA) is 69.6 Å². The molecule has 0 aliphatic heterocycles. The molecule has 0 bridgehead atoms. The average molecular weight is 175 g/mol. The van der Waals surface area contributed by atoms with Gasteiger partial charge in [0.15, 0.2) is 0 Å². The lowest BCUT2D eigenvalue weighted by Gasteiger charge is -2.17. The number of carboxylic acids is 1. The Hall–Kier alpha value is -0.610. The van der Waals surface area contributed by atoms with Gasteiger partial charge in [0.05, 0.1) is 6.61 Å². The zero-order chi connectivity index (χ0) is 9.56. The summed E-state index contributed by atoms with van der Waals surface area (Å²) in [6, 6.07) is 0.178. The summed E-state index contributed by atoms with van der Waals surface area (Å²) in [6.07, 6.45) is 0.770. The number of rotatable bonds is 6. The molecule has 0 aromatic carbocycles. The van der Waals surface area contributed by atoms with Crippen molar-refractivity contribution < 1.29 is 15.0 Å². The molecule has 0 spiro atoms. The van der Waals surface area contributed by atoms with Crippen molar-refractivity contribution in [1.82, 2.24) is 5.32 Å². The molecule has 0 radical (unpaired) electrons. The molecule has 0 saturated heterocycles. The van der Waals surface area contributed by atoms with Gasteiger partial charge in [-0.05, 0) is 20.3 Å². The van der Waals surface area contributed by atoms with E-state index in [0.717, 1.165) is 0 Å². The highest BCUT2D eigenvalue weighted by atomic mass is 16.4. The van der Waals surface area contributed by atoms with Gasteiger partial charge in [0.2, 0.25) is 0 Å². The molecule has 4 nitrogen and oxygen atoms in total. The van der Waals surface area contributed by atoms with Crippen LogP contribution in [-0.2, 0) is 4.79 Å². The summed E-state index contributed by atoms with van der Waals surface area (Å²) in [6.45, 7) is 3.85. The summed E-state index contributed by atoms with van der Waals surface area (Å²) in [7, 11) is 0. The first kappa shape index (κ1) is 11.4. The van der Waals surface area contributed by atoms with Crippen LogP contribution in [0.1, 0.15) is 26.7 Å². The van der Waals surface area contributed by atoms with Gasteiger partial charge in [-0.25, -0.2) is 0 Å². The number of hydrogen-bond donors (Lipinski definition) is 3. The molecular weight excluding hydrogens is 158 g/mol. The number of hydrogen-bond acceptors (Lipinski definition) is 3. The van der Waals surface area contributed by atoms with Gasteiger partial charge < -0.3 is 15.5 Å². The predicted octanol–water partition coefficient (Wildman–Crippen LogP) is 0.210. The fourth-order valence-corrected chi connectivity index (χ4v) is 0.962. The molecule has 12 heavy (non-hydrogen) atoms. The first-order valence-corrected chi connectivity index (χ1v) is 4.15. The van der Waals surface area contributed by atoms with Gasteiger partial charge in [-0.15, -0.1) is 0 Å². The van der Waals surface area contributed by atoms with E-state index >= 15 is 0 Å². The van der Waals surface area contributed by atoms with E-state index in [9.17, 15) is 4.79 Å². The van der Waals surface area contributed by atoms with Gasteiger partial charge in [-0.1, -0.05) is 0 Å². The highest BCUT2D eigenvalue weighted by molar-refractivity contribution is 5.66. The predicted molar refractivity (Wildman–Crippen MR) is 46.0 cm³/mol. The molecule has 0 saturated carbocycles. The van der Waals surface area contributed by atoms with E-state index in [1.165, 1.54) is 0 Å². The smallest absolute Gasteiger partial charge is 0.303 e. The van der Waals surface area contributed by atoms with Crippen LogP contribution in [0.15, 0.2) is 0 Å². The van der Waals surface area contributed by atoms with Gasteiger partial charge in [0.1, 0.15) is 0 Å². The van der Waals surface area contributed by atoms with E-state index in [2.05, 4.69) is 5.32 Å². The van der Waals surface area contributed by atoms with E-state index < -0.39 is 5.97 Å². The molecule has 0 aromatic heterocycles.